The predicted molar refractivity (Wildman–Crippen MR) is 86.3 cm³/mol. The van der Waals surface area contributed by atoms with Gasteiger partial charge in [-0.2, -0.15) is 11.8 Å². The van der Waals surface area contributed by atoms with Gasteiger partial charge in [0.05, 0.1) is 12.0 Å². The molecule has 0 atom stereocenters. The number of anilines is 1. The van der Waals surface area contributed by atoms with Gasteiger partial charge in [0.1, 0.15) is 12.0 Å². The maximum atomic E-state index is 12.0. The molecule has 2 aromatic rings. The average molecular weight is 319 g/mol. The molecular weight excluding hydrogens is 302 g/mol. The van der Waals surface area contributed by atoms with E-state index in [1.54, 1.807) is 24.8 Å². The third-order valence-corrected chi connectivity index (χ3v) is 3.94. The minimum Gasteiger partial charge on any atom is -0.481 e. The molecule has 1 aromatic heterocycles. The number of furan rings is 1. The highest BCUT2D eigenvalue weighted by Crippen LogP contribution is 2.18. The molecule has 0 saturated carbocycles. The van der Waals surface area contributed by atoms with Gasteiger partial charge in [0.2, 0.25) is 0 Å². The number of carboxylic acids is 1. The van der Waals surface area contributed by atoms with Gasteiger partial charge in [0.15, 0.2) is 0 Å². The lowest BCUT2D eigenvalue weighted by Gasteiger charge is -2.06. The van der Waals surface area contributed by atoms with Crippen molar-refractivity contribution in [3.05, 3.63) is 53.5 Å². The maximum Gasteiger partial charge on any atom is 0.304 e. The first-order valence-corrected chi connectivity index (χ1v) is 7.95. The van der Waals surface area contributed by atoms with Crippen LogP contribution < -0.4 is 5.32 Å². The zero-order valence-electron chi connectivity index (χ0n) is 12.2. The number of hydrogen-bond donors (Lipinski definition) is 2. The van der Waals surface area contributed by atoms with Crippen molar-refractivity contribution in [1.29, 1.82) is 0 Å². The lowest BCUT2D eigenvalue weighted by atomic mass is 10.2. The molecule has 22 heavy (non-hydrogen) atoms. The molecule has 6 heteroatoms. The Labute approximate surface area is 132 Å². The number of aliphatic carboxylic acids is 1. The van der Waals surface area contributed by atoms with Crippen LogP contribution in [0.2, 0.25) is 0 Å². The van der Waals surface area contributed by atoms with E-state index in [1.165, 1.54) is 6.26 Å². The van der Waals surface area contributed by atoms with Gasteiger partial charge in [-0.15, -0.1) is 0 Å². The molecule has 5 nitrogen and oxygen atoms in total. The van der Waals surface area contributed by atoms with Gasteiger partial charge in [-0.1, -0.05) is 12.1 Å². The Hall–Kier alpha value is -2.21. The second-order valence-electron chi connectivity index (χ2n) is 4.80. The van der Waals surface area contributed by atoms with Gasteiger partial charge >= 0.3 is 5.97 Å². The van der Waals surface area contributed by atoms with Crippen LogP contribution in [0.3, 0.4) is 0 Å². The summed E-state index contributed by atoms with van der Waals surface area (Å²) in [7, 11) is 0. The minimum absolute atomic E-state index is 0.154. The van der Waals surface area contributed by atoms with E-state index in [0.717, 1.165) is 5.56 Å². The van der Waals surface area contributed by atoms with E-state index < -0.39 is 5.97 Å². The van der Waals surface area contributed by atoms with Crippen LogP contribution in [0.5, 0.6) is 0 Å². The molecule has 0 aliphatic carbocycles. The highest BCUT2D eigenvalue weighted by atomic mass is 32.2. The Morgan fingerprint density at radius 3 is 2.82 bits per heavy atom. The second kappa shape index (κ2) is 7.70. The highest BCUT2D eigenvalue weighted by Gasteiger charge is 2.09. The third kappa shape index (κ3) is 4.96. The van der Waals surface area contributed by atoms with E-state index in [9.17, 15) is 9.59 Å². The molecule has 1 aromatic carbocycles. The number of aryl methyl sites for hydroxylation is 1. The smallest absolute Gasteiger partial charge is 0.304 e. The SMILES string of the molecule is Cc1cc(C(=O)Nc2cccc(CSCCC(=O)O)c2)co1. The second-order valence-corrected chi connectivity index (χ2v) is 5.90. The first kappa shape index (κ1) is 16.2. The van der Waals surface area contributed by atoms with Crippen molar-refractivity contribution in [2.24, 2.45) is 0 Å². The molecule has 0 radical (unpaired) electrons. The van der Waals surface area contributed by atoms with Crippen molar-refractivity contribution < 1.29 is 19.1 Å². The van der Waals surface area contributed by atoms with Crippen molar-refractivity contribution >= 4 is 29.3 Å². The number of nitrogens with one attached hydrogen (secondary N) is 1. The molecule has 2 N–H and O–H groups in total. The van der Waals surface area contributed by atoms with Crippen molar-refractivity contribution in [3.8, 4) is 0 Å². The summed E-state index contributed by atoms with van der Waals surface area (Å²) in [6, 6.07) is 9.20. The normalized spacial score (nSPS) is 10.4. The molecule has 0 unspecified atom stereocenters. The lowest BCUT2D eigenvalue weighted by molar-refractivity contribution is -0.136. The molecule has 1 heterocycles. The van der Waals surface area contributed by atoms with Crippen LogP contribution in [0.4, 0.5) is 5.69 Å². The van der Waals surface area contributed by atoms with E-state index in [0.29, 0.717) is 28.5 Å². The number of rotatable bonds is 7. The topological polar surface area (TPSA) is 79.5 Å². The van der Waals surface area contributed by atoms with Crippen molar-refractivity contribution in [3.63, 3.8) is 0 Å². The fourth-order valence-corrected chi connectivity index (χ4v) is 2.73. The Kier molecular flexibility index (Phi) is 5.66. The number of thioether (sulfide) groups is 1. The quantitative estimate of drug-likeness (QED) is 0.763. The van der Waals surface area contributed by atoms with Gasteiger partial charge in [-0.25, -0.2) is 0 Å². The largest absolute Gasteiger partial charge is 0.481 e. The van der Waals surface area contributed by atoms with E-state index in [-0.39, 0.29) is 12.3 Å². The van der Waals surface area contributed by atoms with Crippen LogP contribution in [0.25, 0.3) is 0 Å². The number of hydrogen-bond acceptors (Lipinski definition) is 4. The number of carbonyl (C=O) groups is 2. The molecular formula is C16H17NO4S. The predicted octanol–water partition coefficient (Wildman–Crippen LogP) is 3.55. The molecule has 0 fully saturated rings. The number of carboxylic acid groups (broad SMARTS) is 1. The summed E-state index contributed by atoms with van der Waals surface area (Å²) >= 11 is 1.55. The van der Waals surface area contributed by atoms with Gasteiger partial charge in [0.25, 0.3) is 5.91 Å². The van der Waals surface area contributed by atoms with Crippen LogP contribution in [-0.2, 0) is 10.5 Å². The third-order valence-electron chi connectivity index (χ3n) is 2.91. The molecule has 2 rings (SSSR count). The Bertz CT molecular complexity index is 666. The van der Waals surface area contributed by atoms with Gasteiger partial charge in [0, 0.05) is 17.2 Å². The van der Waals surface area contributed by atoms with E-state index in [2.05, 4.69) is 5.32 Å². The molecule has 0 aliphatic heterocycles. The van der Waals surface area contributed by atoms with E-state index in [1.807, 2.05) is 24.3 Å². The van der Waals surface area contributed by atoms with Crippen molar-refractivity contribution in [2.75, 3.05) is 11.1 Å². The summed E-state index contributed by atoms with van der Waals surface area (Å²) in [4.78, 5) is 22.5. The number of amides is 1. The minimum atomic E-state index is -0.788. The van der Waals surface area contributed by atoms with Crippen LogP contribution >= 0.6 is 11.8 Å². The fraction of sp³-hybridized carbons (Fsp3) is 0.250. The summed E-state index contributed by atoms with van der Waals surface area (Å²) in [5.41, 5.74) is 2.23. The molecule has 0 aliphatic rings. The first-order chi connectivity index (χ1) is 10.5. The number of carbonyl (C=O) groups excluding carboxylic acids is 1. The zero-order chi connectivity index (χ0) is 15.9. The van der Waals surface area contributed by atoms with Gasteiger partial charge in [-0.3, -0.25) is 9.59 Å². The van der Waals surface area contributed by atoms with Crippen LogP contribution in [0.15, 0.2) is 41.0 Å². The van der Waals surface area contributed by atoms with E-state index >= 15 is 0 Å². The average Bonchev–Trinajstić information content (AvgIpc) is 2.91. The van der Waals surface area contributed by atoms with Crippen molar-refractivity contribution in [2.45, 2.75) is 19.1 Å². The first-order valence-electron chi connectivity index (χ1n) is 6.79. The Morgan fingerprint density at radius 2 is 2.14 bits per heavy atom. The van der Waals surface area contributed by atoms with E-state index in [4.69, 9.17) is 9.52 Å². The van der Waals surface area contributed by atoms with Crippen LogP contribution in [-0.4, -0.2) is 22.7 Å². The molecule has 1 amide bonds. The summed E-state index contributed by atoms with van der Waals surface area (Å²) < 4.78 is 5.12. The summed E-state index contributed by atoms with van der Waals surface area (Å²) in [5.74, 6) is 0.965. The zero-order valence-corrected chi connectivity index (χ0v) is 13.0. The van der Waals surface area contributed by atoms with Crippen LogP contribution in [0.1, 0.15) is 28.1 Å². The highest BCUT2D eigenvalue weighted by molar-refractivity contribution is 7.98. The molecule has 0 spiro atoms. The monoisotopic (exact) mass is 319 g/mol. The maximum absolute atomic E-state index is 12.0. The molecule has 0 bridgehead atoms. The van der Waals surface area contributed by atoms with Crippen LogP contribution in [0, 0.1) is 6.92 Å². The Balaban J connectivity index is 1.90. The standard InChI is InChI=1S/C16H17NO4S/c1-11-7-13(9-21-11)16(20)17-14-4-2-3-12(8-14)10-22-6-5-15(18)19/h2-4,7-9H,5-6,10H2,1H3,(H,17,20)(H,18,19). The fourth-order valence-electron chi connectivity index (χ4n) is 1.85. The Morgan fingerprint density at radius 1 is 1.32 bits per heavy atom. The number of benzene rings is 1. The molecule has 116 valence electrons. The van der Waals surface area contributed by atoms with Gasteiger partial charge < -0.3 is 14.8 Å². The molecule has 0 saturated heterocycles. The summed E-state index contributed by atoms with van der Waals surface area (Å²) in [5, 5.41) is 11.4. The lowest BCUT2D eigenvalue weighted by Crippen LogP contribution is -2.10. The summed E-state index contributed by atoms with van der Waals surface area (Å²) in [6.45, 7) is 1.78. The van der Waals surface area contributed by atoms with Crippen molar-refractivity contribution in [1.82, 2.24) is 0 Å². The summed E-state index contributed by atoms with van der Waals surface area (Å²) in [6.07, 6.45) is 1.58. The van der Waals surface area contributed by atoms with Gasteiger partial charge in [-0.05, 0) is 30.7 Å².